The van der Waals surface area contributed by atoms with Crippen molar-refractivity contribution in [2.75, 3.05) is 4.72 Å². The molecule has 0 radical (unpaired) electrons. The fraction of sp³-hybridized carbons (Fsp3) is 0.143. The smallest absolute Gasteiger partial charge is 0.261 e. The average molecular weight is 297 g/mol. The molecule has 0 aromatic heterocycles. The molecule has 0 unspecified atom stereocenters. The maximum atomic E-state index is 13.4. The first kappa shape index (κ1) is 14.5. The molecule has 0 heterocycles. The number of hydrogen-bond donors (Lipinski definition) is 1. The monoisotopic (exact) mass is 297 g/mol. The molecule has 0 saturated carbocycles. The molecule has 0 amide bonds. The molecule has 0 atom stereocenters. The van der Waals surface area contributed by atoms with Crippen molar-refractivity contribution < 1.29 is 17.2 Å². The van der Waals surface area contributed by atoms with Gasteiger partial charge in [-0.25, -0.2) is 17.2 Å². The van der Waals surface area contributed by atoms with Crippen LogP contribution in [0.3, 0.4) is 0 Å². The zero-order chi connectivity index (χ0) is 14.9. The molecular formula is C14H13F2NO2S. The fourth-order valence-electron chi connectivity index (χ4n) is 1.68. The first-order valence-electron chi connectivity index (χ1n) is 5.85. The second-order valence-electron chi connectivity index (χ2n) is 4.45. The Kier molecular flexibility index (Phi) is 3.76. The van der Waals surface area contributed by atoms with E-state index in [1.165, 1.54) is 25.1 Å². The summed E-state index contributed by atoms with van der Waals surface area (Å²) in [6.45, 7) is 3.15. The van der Waals surface area contributed by atoms with E-state index in [-0.39, 0.29) is 16.1 Å². The van der Waals surface area contributed by atoms with Crippen molar-refractivity contribution in [1.82, 2.24) is 0 Å². The number of anilines is 1. The zero-order valence-electron chi connectivity index (χ0n) is 10.9. The summed E-state index contributed by atoms with van der Waals surface area (Å²) < 4.78 is 52.9. The van der Waals surface area contributed by atoms with Gasteiger partial charge in [0.1, 0.15) is 0 Å². The minimum atomic E-state index is -3.82. The van der Waals surface area contributed by atoms with Crippen LogP contribution in [0.15, 0.2) is 41.3 Å². The summed E-state index contributed by atoms with van der Waals surface area (Å²) in [7, 11) is -3.82. The van der Waals surface area contributed by atoms with Crippen LogP contribution in [0.2, 0.25) is 0 Å². The molecule has 106 valence electrons. The number of aryl methyl sites for hydroxylation is 1. The minimum absolute atomic E-state index is 0.0180. The Bertz CT molecular complexity index is 741. The summed E-state index contributed by atoms with van der Waals surface area (Å²) in [5.74, 6) is -2.07. The van der Waals surface area contributed by atoms with Crippen LogP contribution in [0, 0.1) is 25.5 Å². The molecule has 1 N–H and O–H groups in total. The highest BCUT2D eigenvalue weighted by molar-refractivity contribution is 7.92. The molecule has 3 nitrogen and oxygen atoms in total. The number of rotatable bonds is 3. The summed E-state index contributed by atoms with van der Waals surface area (Å²) in [6.07, 6.45) is 0. The predicted octanol–water partition coefficient (Wildman–Crippen LogP) is 3.38. The molecule has 0 aliphatic rings. The highest BCUT2D eigenvalue weighted by Crippen LogP contribution is 2.23. The number of halogens is 2. The standard InChI is InChI=1S/C14H13F2NO2S/c1-9-3-5-11(6-4-9)20(18,19)17-13-8-7-12(15)14(16)10(13)2/h3-8,17H,1-2H3. The van der Waals surface area contributed by atoms with E-state index in [9.17, 15) is 17.2 Å². The van der Waals surface area contributed by atoms with E-state index in [1.807, 2.05) is 6.92 Å². The van der Waals surface area contributed by atoms with E-state index in [0.29, 0.717) is 0 Å². The number of nitrogens with one attached hydrogen (secondary N) is 1. The molecule has 20 heavy (non-hydrogen) atoms. The van der Waals surface area contributed by atoms with Gasteiger partial charge in [-0.15, -0.1) is 0 Å². The van der Waals surface area contributed by atoms with Crippen molar-refractivity contribution in [3.8, 4) is 0 Å². The molecule has 0 fully saturated rings. The molecule has 6 heteroatoms. The van der Waals surface area contributed by atoms with Gasteiger partial charge in [0.05, 0.1) is 10.6 Å². The summed E-state index contributed by atoms with van der Waals surface area (Å²) in [5, 5.41) is 0. The maximum absolute atomic E-state index is 13.4. The topological polar surface area (TPSA) is 46.2 Å². The lowest BCUT2D eigenvalue weighted by atomic mass is 10.2. The van der Waals surface area contributed by atoms with Gasteiger partial charge in [0.2, 0.25) is 0 Å². The lowest BCUT2D eigenvalue weighted by Gasteiger charge is -2.11. The molecule has 0 saturated heterocycles. The molecule has 2 aromatic rings. The van der Waals surface area contributed by atoms with E-state index in [1.54, 1.807) is 12.1 Å². The third-order valence-corrected chi connectivity index (χ3v) is 4.30. The van der Waals surface area contributed by atoms with Crippen molar-refractivity contribution in [3.63, 3.8) is 0 Å². The Morgan fingerprint density at radius 2 is 1.55 bits per heavy atom. The normalized spacial score (nSPS) is 11.4. The molecule has 2 rings (SSSR count). The van der Waals surface area contributed by atoms with Gasteiger partial charge in [-0.2, -0.15) is 0 Å². The van der Waals surface area contributed by atoms with Crippen LogP contribution in [-0.4, -0.2) is 8.42 Å². The number of benzene rings is 2. The van der Waals surface area contributed by atoms with Crippen molar-refractivity contribution >= 4 is 15.7 Å². The third kappa shape index (κ3) is 2.80. The molecule has 0 spiro atoms. The van der Waals surface area contributed by atoms with Gasteiger partial charge in [0, 0.05) is 5.56 Å². The Balaban J connectivity index is 2.38. The van der Waals surface area contributed by atoms with Crippen molar-refractivity contribution in [3.05, 3.63) is 59.2 Å². The van der Waals surface area contributed by atoms with Gasteiger partial charge in [-0.1, -0.05) is 17.7 Å². The molecule has 0 bridgehead atoms. The van der Waals surface area contributed by atoms with E-state index >= 15 is 0 Å². The Morgan fingerprint density at radius 3 is 2.15 bits per heavy atom. The second-order valence-corrected chi connectivity index (χ2v) is 6.13. The van der Waals surface area contributed by atoms with Crippen LogP contribution in [0.5, 0.6) is 0 Å². The summed E-state index contributed by atoms with van der Waals surface area (Å²) in [5.41, 5.74) is 0.859. The molecular weight excluding hydrogens is 284 g/mol. The van der Waals surface area contributed by atoms with Gasteiger partial charge in [0.15, 0.2) is 11.6 Å². The van der Waals surface area contributed by atoms with Crippen LogP contribution in [-0.2, 0) is 10.0 Å². The Morgan fingerprint density at radius 1 is 0.950 bits per heavy atom. The van der Waals surface area contributed by atoms with Gasteiger partial charge < -0.3 is 0 Å². The molecule has 0 aliphatic heterocycles. The van der Waals surface area contributed by atoms with Crippen LogP contribution in [0.25, 0.3) is 0 Å². The summed E-state index contributed by atoms with van der Waals surface area (Å²) in [4.78, 5) is 0.0623. The quantitative estimate of drug-likeness (QED) is 0.944. The molecule has 0 aliphatic carbocycles. The zero-order valence-corrected chi connectivity index (χ0v) is 11.8. The van der Waals surface area contributed by atoms with Gasteiger partial charge >= 0.3 is 0 Å². The fourth-order valence-corrected chi connectivity index (χ4v) is 2.81. The van der Waals surface area contributed by atoms with Crippen LogP contribution >= 0.6 is 0 Å². The highest BCUT2D eigenvalue weighted by atomic mass is 32.2. The maximum Gasteiger partial charge on any atom is 0.261 e. The van der Waals surface area contributed by atoms with Gasteiger partial charge in [-0.3, -0.25) is 4.72 Å². The summed E-state index contributed by atoms with van der Waals surface area (Å²) in [6, 6.07) is 8.30. The largest absolute Gasteiger partial charge is 0.279 e. The number of sulfonamides is 1. The van der Waals surface area contributed by atoms with Crippen molar-refractivity contribution in [1.29, 1.82) is 0 Å². The van der Waals surface area contributed by atoms with Crippen LogP contribution in [0.1, 0.15) is 11.1 Å². The predicted molar refractivity (Wildman–Crippen MR) is 73.1 cm³/mol. The first-order valence-corrected chi connectivity index (χ1v) is 7.33. The van der Waals surface area contributed by atoms with Crippen molar-refractivity contribution in [2.24, 2.45) is 0 Å². The minimum Gasteiger partial charge on any atom is -0.279 e. The van der Waals surface area contributed by atoms with Crippen LogP contribution in [0.4, 0.5) is 14.5 Å². The van der Waals surface area contributed by atoms with Crippen LogP contribution < -0.4 is 4.72 Å². The third-order valence-electron chi connectivity index (χ3n) is 2.91. The Hall–Kier alpha value is -1.95. The van der Waals surface area contributed by atoms with E-state index in [2.05, 4.69) is 4.72 Å². The van der Waals surface area contributed by atoms with E-state index < -0.39 is 21.7 Å². The highest BCUT2D eigenvalue weighted by Gasteiger charge is 2.17. The number of hydrogen-bond acceptors (Lipinski definition) is 2. The SMILES string of the molecule is Cc1ccc(S(=O)(=O)Nc2ccc(F)c(F)c2C)cc1. The molecule has 2 aromatic carbocycles. The lowest BCUT2D eigenvalue weighted by Crippen LogP contribution is -2.14. The van der Waals surface area contributed by atoms with E-state index in [4.69, 9.17) is 0 Å². The summed E-state index contributed by atoms with van der Waals surface area (Å²) >= 11 is 0. The Labute approximate surface area is 116 Å². The average Bonchev–Trinajstić information content (AvgIpc) is 2.40. The van der Waals surface area contributed by atoms with Gasteiger partial charge in [0.25, 0.3) is 10.0 Å². The van der Waals surface area contributed by atoms with Gasteiger partial charge in [-0.05, 0) is 38.1 Å². The first-order chi connectivity index (χ1) is 9.31. The van der Waals surface area contributed by atoms with Crippen molar-refractivity contribution in [2.45, 2.75) is 18.7 Å². The lowest BCUT2D eigenvalue weighted by molar-refractivity contribution is 0.504. The van der Waals surface area contributed by atoms with E-state index in [0.717, 1.165) is 11.6 Å². The second kappa shape index (κ2) is 5.20.